The van der Waals surface area contributed by atoms with E-state index in [0.29, 0.717) is 18.7 Å². The quantitative estimate of drug-likeness (QED) is 0.503. The van der Waals surface area contributed by atoms with Gasteiger partial charge in [-0.1, -0.05) is 24.3 Å². The summed E-state index contributed by atoms with van der Waals surface area (Å²) < 4.78 is 7.41. The zero-order valence-electron chi connectivity index (χ0n) is 17.2. The van der Waals surface area contributed by atoms with Gasteiger partial charge < -0.3 is 10.1 Å². The zero-order valence-corrected chi connectivity index (χ0v) is 18.1. The first-order chi connectivity index (χ1) is 15.2. The average molecular weight is 434 g/mol. The number of pyridine rings is 1. The third kappa shape index (κ3) is 4.22. The highest BCUT2D eigenvalue weighted by molar-refractivity contribution is 7.07. The first-order valence-corrected chi connectivity index (χ1v) is 11.3. The fourth-order valence-electron chi connectivity index (χ4n) is 4.00. The van der Waals surface area contributed by atoms with Gasteiger partial charge in [0.2, 0.25) is 0 Å². The van der Waals surface area contributed by atoms with Gasteiger partial charge >= 0.3 is 0 Å². The van der Waals surface area contributed by atoms with Gasteiger partial charge in [0.15, 0.2) is 0 Å². The molecule has 1 aliphatic heterocycles. The van der Waals surface area contributed by atoms with Gasteiger partial charge in [0.05, 0.1) is 29.0 Å². The molecule has 0 spiro atoms. The Morgan fingerprint density at radius 1 is 1.32 bits per heavy atom. The van der Waals surface area contributed by atoms with Crippen LogP contribution >= 0.6 is 11.3 Å². The molecule has 1 atom stereocenters. The number of ether oxygens (including phenoxy) is 1. The molecule has 8 heteroatoms. The van der Waals surface area contributed by atoms with Crippen molar-refractivity contribution in [3.8, 4) is 11.3 Å². The molecule has 1 saturated heterocycles. The van der Waals surface area contributed by atoms with Crippen LogP contribution in [0.2, 0.25) is 0 Å². The fourth-order valence-corrected chi connectivity index (χ4v) is 4.56. The van der Waals surface area contributed by atoms with Crippen LogP contribution in [0.3, 0.4) is 0 Å². The van der Waals surface area contributed by atoms with Gasteiger partial charge in [-0.25, -0.2) is 9.97 Å². The van der Waals surface area contributed by atoms with Crippen molar-refractivity contribution >= 4 is 28.3 Å². The Labute approximate surface area is 184 Å². The molecule has 3 aromatic heterocycles. The minimum Gasteiger partial charge on any atom is -0.376 e. The predicted octanol–water partition coefficient (Wildman–Crippen LogP) is 3.59. The van der Waals surface area contributed by atoms with Crippen molar-refractivity contribution < 1.29 is 9.53 Å². The normalized spacial score (nSPS) is 16.1. The molecule has 0 aliphatic carbocycles. The Morgan fingerprint density at radius 3 is 2.94 bits per heavy atom. The SMILES string of the molecule is Cn1ncc2nc(C(=O)NC[C@H]3CCCO3)cc(Cc3ccc(-c4cscn4)cc3)c21. The van der Waals surface area contributed by atoms with Gasteiger partial charge in [-0.15, -0.1) is 11.3 Å². The van der Waals surface area contributed by atoms with Crippen molar-refractivity contribution in [1.29, 1.82) is 0 Å². The van der Waals surface area contributed by atoms with E-state index in [0.717, 1.165) is 52.9 Å². The van der Waals surface area contributed by atoms with Crippen LogP contribution in [-0.4, -0.2) is 44.9 Å². The fraction of sp³-hybridized carbons (Fsp3) is 0.304. The summed E-state index contributed by atoms with van der Waals surface area (Å²) in [6.07, 6.45) is 4.52. The van der Waals surface area contributed by atoms with Gasteiger partial charge in [-0.2, -0.15) is 5.10 Å². The highest BCUT2D eigenvalue weighted by Gasteiger charge is 2.19. The van der Waals surface area contributed by atoms with Crippen molar-refractivity contribution in [2.45, 2.75) is 25.4 Å². The second-order valence-electron chi connectivity index (χ2n) is 7.76. The van der Waals surface area contributed by atoms with E-state index in [4.69, 9.17) is 4.74 Å². The van der Waals surface area contributed by atoms with Crippen molar-refractivity contribution in [2.24, 2.45) is 7.05 Å². The molecule has 0 unspecified atom stereocenters. The maximum atomic E-state index is 12.8. The topological polar surface area (TPSA) is 81.9 Å². The lowest BCUT2D eigenvalue weighted by atomic mass is 10.0. The van der Waals surface area contributed by atoms with Gasteiger partial charge in [0, 0.05) is 31.1 Å². The molecule has 158 valence electrons. The summed E-state index contributed by atoms with van der Waals surface area (Å²) in [5.41, 5.74) is 8.17. The number of carbonyl (C=O) groups is 1. The number of rotatable bonds is 6. The lowest BCUT2D eigenvalue weighted by Gasteiger charge is -2.12. The van der Waals surface area contributed by atoms with Crippen molar-refractivity contribution in [2.75, 3.05) is 13.2 Å². The van der Waals surface area contributed by atoms with E-state index in [1.54, 1.807) is 17.5 Å². The summed E-state index contributed by atoms with van der Waals surface area (Å²) in [6.45, 7) is 1.28. The Bertz CT molecular complexity index is 1190. The molecule has 4 aromatic rings. The number of nitrogens with zero attached hydrogens (tertiary/aromatic N) is 4. The molecule has 1 fully saturated rings. The summed E-state index contributed by atoms with van der Waals surface area (Å²) in [6, 6.07) is 10.3. The monoisotopic (exact) mass is 433 g/mol. The highest BCUT2D eigenvalue weighted by atomic mass is 32.1. The third-order valence-electron chi connectivity index (χ3n) is 5.60. The molecule has 0 bridgehead atoms. The molecule has 7 nitrogen and oxygen atoms in total. The number of carbonyl (C=O) groups excluding carboxylic acids is 1. The second kappa shape index (κ2) is 8.56. The molecular formula is C23H23N5O2S. The number of hydrogen-bond acceptors (Lipinski definition) is 6. The molecule has 4 heterocycles. The van der Waals surface area contributed by atoms with Crippen LogP contribution in [0.15, 0.2) is 47.4 Å². The maximum Gasteiger partial charge on any atom is 0.270 e. The van der Waals surface area contributed by atoms with Crippen LogP contribution in [0.1, 0.15) is 34.5 Å². The van der Waals surface area contributed by atoms with E-state index < -0.39 is 0 Å². The largest absolute Gasteiger partial charge is 0.376 e. The summed E-state index contributed by atoms with van der Waals surface area (Å²) in [7, 11) is 1.90. The van der Waals surface area contributed by atoms with Crippen LogP contribution in [0, 0.1) is 0 Å². The number of benzene rings is 1. The number of hydrogen-bond donors (Lipinski definition) is 1. The first-order valence-electron chi connectivity index (χ1n) is 10.4. The summed E-state index contributed by atoms with van der Waals surface area (Å²) >= 11 is 1.59. The molecule has 0 saturated carbocycles. The standard InChI is InChI=1S/C23H23N5O2S/c1-28-22-17(9-15-4-6-16(7-5-15)21-13-31-14-25-21)10-19(27-20(22)12-26-28)23(29)24-11-18-3-2-8-30-18/h4-7,10,12-14,18H,2-3,8-9,11H2,1H3,(H,24,29)/t18-/m1/s1. The Hall–Kier alpha value is -3.10. The third-order valence-corrected chi connectivity index (χ3v) is 6.19. The molecular weight excluding hydrogens is 410 g/mol. The van der Waals surface area contributed by atoms with E-state index in [1.807, 2.05) is 28.7 Å². The predicted molar refractivity (Wildman–Crippen MR) is 120 cm³/mol. The molecule has 1 aliphatic rings. The first kappa shape index (κ1) is 19.8. The number of amides is 1. The van der Waals surface area contributed by atoms with E-state index in [-0.39, 0.29) is 12.0 Å². The lowest BCUT2D eigenvalue weighted by Crippen LogP contribution is -2.32. The van der Waals surface area contributed by atoms with Crippen molar-refractivity contribution in [1.82, 2.24) is 25.1 Å². The molecule has 1 N–H and O–H groups in total. The van der Waals surface area contributed by atoms with E-state index >= 15 is 0 Å². The van der Waals surface area contributed by atoms with Crippen LogP contribution in [0.5, 0.6) is 0 Å². The van der Waals surface area contributed by atoms with E-state index in [2.05, 4.69) is 44.6 Å². The molecule has 31 heavy (non-hydrogen) atoms. The summed E-state index contributed by atoms with van der Waals surface area (Å²) in [4.78, 5) is 21.7. The number of aromatic nitrogens is 4. The molecule has 1 aromatic carbocycles. The maximum absolute atomic E-state index is 12.8. The van der Waals surface area contributed by atoms with Crippen LogP contribution < -0.4 is 5.32 Å². The molecule has 1 amide bonds. The summed E-state index contributed by atoms with van der Waals surface area (Å²) in [5, 5.41) is 9.36. The average Bonchev–Trinajstić information content (AvgIpc) is 3.55. The number of aryl methyl sites for hydroxylation is 1. The minimum absolute atomic E-state index is 0.0989. The van der Waals surface area contributed by atoms with Crippen LogP contribution in [0.4, 0.5) is 0 Å². The van der Waals surface area contributed by atoms with E-state index in [9.17, 15) is 4.79 Å². The molecule has 5 rings (SSSR count). The summed E-state index contributed by atoms with van der Waals surface area (Å²) in [5.74, 6) is -0.179. The Morgan fingerprint density at radius 2 is 2.19 bits per heavy atom. The van der Waals surface area contributed by atoms with Gasteiger partial charge in [0.1, 0.15) is 11.2 Å². The van der Waals surface area contributed by atoms with Crippen molar-refractivity contribution in [3.63, 3.8) is 0 Å². The Balaban J connectivity index is 1.40. The highest BCUT2D eigenvalue weighted by Crippen LogP contribution is 2.24. The number of nitrogens with one attached hydrogen (secondary N) is 1. The number of thiazole rings is 1. The van der Waals surface area contributed by atoms with Crippen LogP contribution in [-0.2, 0) is 18.2 Å². The second-order valence-corrected chi connectivity index (χ2v) is 8.48. The van der Waals surface area contributed by atoms with Crippen molar-refractivity contribution in [3.05, 3.63) is 64.2 Å². The zero-order chi connectivity index (χ0) is 21.2. The van der Waals surface area contributed by atoms with Gasteiger partial charge in [-0.3, -0.25) is 9.48 Å². The number of fused-ring (bicyclic) bond motifs is 1. The Kier molecular flexibility index (Phi) is 5.48. The smallest absolute Gasteiger partial charge is 0.270 e. The lowest BCUT2D eigenvalue weighted by molar-refractivity contribution is 0.0854. The van der Waals surface area contributed by atoms with Gasteiger partial charge in [-0.05, 0) is 36.5 Å². The van der Waals surface area contributed by atoms with Crippen LogP contribution in [0.25, 0.3) is 22.3 Å². The molecule has 0 radical (unpaired) electrons. The van der Waals surface area contributed by atoms with Gasteiger partial charge in [0.25, 0.3) is 5.91 Å². The minimum atomic E-state index is -0.179. The van der Waals surface area contributed by atoms with E-state index in [1.165, 1.54) is 0 Å².